The van der Waals surface area contributed by atoms with Crippen LogP contribution in [0.3, 0.4) is 0 Å². The Labute approximate surface area is 212 Å². The van der Waals surface area contributed by atoms with Crippen LogP contribution in [0.1, 0.15) is 18.9 Å². The first-order valence-corrected chi connectivity index (χ1v) is 11.4. The Bertz CT molecular complexity index is 1190. The van der Waals surface area contributed by atoms with Crippen molar-refractivity contribution in [3.05, 3.63) is 102 Å². The topological polar surface area (TPSA) is 41.4 Å². The van der Waals surface area contributed by atoms with Crippen LogP contribution in [0.25, 0.3) is 10.9 Å². The van der Waals surface area contributed by atoms with Gasteiger partial charge in [-0.25, -0.2) is 4.98 Å². The molecule has 0 aliphatic carbocycles. The average Bonchev–Trinajstić information content (AvgIpc) is 2.86. The second-order valence-electron chi connectivity index (χ2n) is 8.37. The number of benzene rings is 3. The SMILES string of the molecule is Cl.Cl.O=c1c2ccccc2ncn1C1CCN(CCN(c2ccccc2)c2ccccc2)CC1. The van der Waals surface area contributed by atoms with E-state index in [4.69, 9.17) is 0 Å². The molecular formula is C27H30Cl2N4O. The minimum absolute atomic E-state index is 0. The molecule has 1 aliphatic rings. The van der Waals surface area contributed by atoms with Crippen molar-refractivity contribution in [2.45, 2.75) is 18.9 Å². The van der Waals surface area contributed by atoms with Crippen molar-refractivity contribution in [3.63, 3.8) is 0 Å². The minimum atomic E-state index is 0. The maximum Gasteiger partial charge on any atom is 0.261 e. The first-order valence-electron chi connectivity index (χ1n) is 11.4. The highest BCUT2D eigenvalue weighted by Gasteiger charge is 2.22. The number of hydrogen-bond acceptors (Lipinski definition) is 4. The lowest BCUT2D eigenvalue weighted by Crippen LogP contribution is -2.40. The Morgan fingerprint density at radius 2 is 1.35 bits per heavy atom. The molecule has 5 rings (SSSR count). The highest BCUT2D eigenvalue weighted by atomic mass is 35.5. The number of anilines is 2. The van der Waals surface area contributed by atoms with Crippen LogP contribution < -0.4 is 10.5 Å². The number of rotatable bonds is 6. The van der Waals surface area contributed by atoms with Gasteiger partial charge in [0.15, 0.2) is 0 Å². The lowest BCUT2D eigenvalue weighted by Gasteiger charge is -2.34. The molecule has 5 nitrogen and oxygen atoms in total. The lowest BCUT2D eigenvalue weighted by atomic mass is 10.0. The van der Waals surface area contributed by atoms with E-state index in [1.807, 2.05) is 28.8 Å². The Hall–Kier alpha value is -2.86. The number of piperidine rings is 1. The molecule has 2 heterocycles. The van der Waals surface area contributed by atoms with Crippen LogP contribution in [0.15, 0.2) is 96.1 Å². The van der Waals surface area contributed by atoms with Crippen molar-refractivity contribution in [1.82, 2.24) is 14.5 Å². The molecule has 0 unspecified atom stereocenters. The summed E-state index contributed by atoms with van der Waals surface area (Å²) in [5.74, 6) is 0. The summed E-state index contributed by atoms with van der Waals surface area (Å²) in [5, 5.41) is 0.707. The van der Waals surface area contributed by atoms with Gasteiger partial charge >= 0.3 is 0 Å². The van der Waals surface area contributed by atoms with E-state index >= 15 is 0 Å². The molecule has 0 atom stereocenters. The van der Waals surface area contributed by atoms with E-state index < -0.39 is 0 Å². The fourth-order valence-electron chi connectivity index (χ4n) is 4.63. The number of aromatic nitrogens is 2. The van der Waals surface area contributed by atoms with Crippen LogP contribution in [0.4, 0.5) is 11.4 Å². The zero-order valence-electron chi connectivity index (χ0n) is 19.0. The highest BCUT2D eigenvalue weighted by molar-refractivity contribution is 5.85. The number of para-hydroxylation sites is 3. The number of nitrogens with zero attached hydrogens (tertiary/aromatic N) is 4. The predicted octanol–water partition coefficient (Wildman–Crippen LogP) is 5.72. The van der Waals surface area contributed by atoms with Crippen LogP contribution in [0.2, 0.25) is 0 Å². The van der Waals surface area contributed by atoms with Crippen molar-refractivity contribution in [2.24, 2.45) is 0 Å². The second kappa shape index (κ2) is 12.0. The normalized spacial score (nSPS) is 14.2. The molecule has 1 aromatic heterocycles. The third kappa shape index (κ3) is 5.61. The zero-order chi connectivity index (χ0) is 21.8. The molecule has 1 fully saturated rings. The van der Waals surface area contributed by atoms with Gasteiger partial charge in [-0.1, -0.05) is 48.5 Å². The van der Waals surface area contributed by atoms with E-state index in [1.54, 1.807) is 6.33 Å². The molecule has 178 valence electrons. The van der Waals surface area contributed by atoms with Crippen LogP contribution in [0.5, 0.6) is 0 Å². The molecule has 1 aliphatic heterocycles. The van der Waals surface area contributed by atoms with Crippen molar-refractivity contribution < 1.29 is 0 Å². The van der Waals surface area contributed by atoms with Gasteiger partial charge < -0.3 is 9.80 Å². The summed E-state index contributed by atoms with van der Waals surface area (Å²) in [5.41, 5.74) is 3.27. The van der Waals surface area contributed by atoms with Gasteiger partial charge in [-0.05, 0) is 49.2 Å². The molecule has 0 radical (unpaired) electrons. The Morgan fingerprint density at radius 1 is 0.794 bits per heavy atom. The summed E-state index contributed by atoms with van der Waals surface area (Å²) in [6.07, 6.45) is 3.67. The summed E-state index contributed by atoms with van der Waals surface area (Å²) in [6.45, 7) is 3.89. The van der Waals surface area contributed by atoms with E-state index in [0.717, 1.165) is 44.5 Å². The third-order valence-corrected chi connectivity index (χ3v) is 6.42. The molecule has 0 amide bonds. The van der Waals surface area contributed by atoms with Gasteiger partial charge in [-0.3, -0.25) is 9.36 Å². The summed E-state index contributed by atoms with van der Waals surface area (Å²) < 4.78 is 1.85. The molecule has 4 aromatic rings. The Balaban J connectivity index is 0.00000162. The molecule has 0 bridgehead atoms. The molecule has 0 spiro atoms. The number of halogens is 2. The van der Waals surface area contributed by atoms with E-state index in [2.05, 4.69) is 75.4 Å². The first-order chi connectivity index (χ1) is 15.8. The van der Waals surface area contributed by atoms with Gasteiger partial charge in [0.05, 0.1) is 17.2 Å². The van der Waals surface area contributed by atoms with E-state index in [9.17, 15) is 4.79 Å². The molecule has 7 heteroatoms. The van der Waals surface area contributed by atoms with Crippen LogP contribution in [0, 0.1) is 0 Å². The van der Waals surface area contributed by atoms with Crippen molar-refractivity contribution in [3.8, 4) is 0 Å². The third-order valence-electron chi connectivity index (χ3n) is 6.42. The summed E-state index contributed by atoms with van der Waals surface area (Å²) >= 11 is 0. The molecular weight excluding hydrogens is 467 g/mol. The second-order valence-corrected chi connectivity index (χ2v) is 8.37. The number of hydrogen-bond donors (Lipinski definition) is 0. The molecule has 34 heavy (non-hydrogen) atoms. The lowest BCUT2D eigenvalue weighted by molar-refractivity contribution is 0.188. The standard InChI is InChI=1S/C27H28N4O.2ClH/c32-27-25-13-7-8-14-26(25)28-21-31(27)24-15-17-29(18-16-24)19-20-30(22-9-3-1-4-10-22)23-11-5-2-6-12-23;;/h1-14,21,24H,15-20H2;2*1H. The minimum Gasteiger partial charge on any atom is -0.340 e. The van der Waals surface area contributed by atoms with Crippen molar-refractivity contribution >= 4 is 47.1 Å². The number of likely N-dealkylation sites (tertiary alicyclic amines) is 1. The maximum atomic E-state index is 12.9. The molecule has 1 saturated heterocycles. The summed E-state index contributed by atoms with van der Waals surface area (Å²) in [4.78, 5) is 22.3. The molecule has 0 N–H and O–H groups in total. The predicted molar refractivity (Wildman–Crippen MR) is 145 cm³/mol. The van der Waals surface area contributed by atoms with Crippen LogP contribution in [-0.2, 0) is 0 Å². The van der Waals surface area contributed by atoms with Crippen molar-refractivity contribution in [2.75, 3.05) is 31.1 Å². The highest BCUT2D eigenvalue weighted by Crippen LogP contribution is 2.26. The molecule has 0 saturated carbocycles. The summed E-state index contributed by atoms with van der Waals surface area (Å²) in [6, 6.07) is 28.9. The zero-order valence-corrected chi connectivity index (χ0v) is 20.6. The fourth-order valence-corrected chi connectivity index (χ4v) is 4.63. The van der Waals surface area contributed by atoms with E-state index in [1.165, 1.54) is 11.4 Å². The largest absolute Gasteiger partial charge is 0.340 e. The van der Waals surface area contributed by atoms with Crippen LogP contribution in [-0.4, -0.2) is 40.6 Å². The van der Waals surface area contributed by atoms with E-state index in [-0.39, 0.29) is 36.4 Å². The van der Waals surface area contributed by atoms with Gasteiger partial charge in [0.1, 0.15) is 0 Å². The van der Waals surface area contributed by atoms with Crippen molar-refractivity contribution in [1.29, 1.82) is 0 Å². The number of fused-ring (bicyclic) bond motifs is 1. The maximum absolute atomic E-state index is 12.9. The van der Waals surface area contributed by atoms with Gasteiger partial charge in [0.2, 0.25) is 0 Å². The van der Waals surface area contributed by atoms with Crippen LogP contribution >= 0.6 is 24.8 Å². The first kappa shape index (κ1) is 25.8. The smallest absolute Gasteiger partial charge is 0.261 e. The monoisotopic (exact) mass is 496 g/mol. The Kier molecular flexibility index (Phi) is 9.11. The van der Waals surface area contributed by atoms with Gasteiger partial charge in [0, 0.05) is 43.6 Å². The molecule has 3 aromatic carbocycles. The quantitative estimate of drug-likeness (QED) is 0.342. The Morgan fingerprint density at radius 3 is 1.97 bits per heavy atom. The van der Waals surface area contributed by atoms with E-state index in [0.29, 0.717) is 5.39 Å². The van der Waals surface area contributed by atoms with Gasteiger partial charge in [0.25, 0.3) is 5.56 Å². The van der Waals surface area contributed by atoms with Gasteiger partial charge in [-0.15, -0.1) is 24.8 Å². The van der Waals surface area contributed by atoms with Gasteiger partial charge in [-0.2, -0.15) is 0 Å². The fraction of sp³-hybridized carbons (Fsp3) is 0.259. The average molecular weight is 497 g/mol. The summed E-state index contributed by atoms with van der Waals surface area (Å²) in [7, 11) is 0.